The molecule has 138 valence electrons. The Hall–Kier alpha value is -0.790. The Balaban J connectivity index is 0. The van der Waals surface area contributed by atoms with Gasteiger partial charge in [-0.05, 0) is 13.3 Å². The van der Waals surface area contributed by atoms with Gasteiger partial charge in [-0.3, -0.25) is 4.79 Å². The zero-order valence-corrected chi connectivity index (χ0v) is 16.1. The van der Waals surface area contributed by atoms with Gasteiger partial charge in [0, 0.05) is 6.42 Å². The minimum atomic E-state index is -0.153. The largest absolute Gasteiger partial charge is 0.370 e. The van der Waals surface area contributed by atoms with Crippen molar-refractivity contribution in [2.24, 2.45) is 5.73 Å². The van der Waals surface area contributed by atoms with E-state index in [2.05, 4.69) is 13.5 Å². The monoisotopic (exact) mass is 325 g/mol. The van der Waals surface area contributed by atoms with E-state index in [9.17, 15) is 4.79 Å². The van der Waals surface area contributed by atoms with Crippen LogP contribution in [0.15, 0.2) is 12.7 Å². The molecular formula is C21H43NO. The van der Waals surface area contributed by atoms with Crippen LogP contribution in [0.25, 0.3) is 0 Å². The SMILES string of the molecule is C=CC.CCCCCCCCCCCCCCCCCC(N)=O. The van der Waals surface area contributed by atoms with Crippen molar-refractivity contribution in [3.8, 4) is 0 Å². The van der Waals surface area contributed by atoms with E-state index < -0.39 is 0 Å². The van der Waals surface area contributed by atoms with Crippen molar-refractivity contribution in [3.05, 3.63) is 12.7 Å². The summed E-state index contributed by atoms with van der Waals surface area (Å²) in [5, 5.41) is 0. The molecule has 2 N–H and O–H groups in total. The van der Waals surface area contributed by atoms with E-state index in [4.69, 9.17) is 5.73 Å². The van der Waals surface area contributed by atoms with Crippen LogP contribution < -0.4 is 5.73 Å². The maximum atomic E-state index is 10.6. The maximum Gasteiger partial charge on any atom is 0.217 e. The lowest BCUT2D eigenvalue weighted by Gasteiger charge is -2.03. The van der Waals surface area contributed by atoms with Crippen molar-refractivity contribution >= 4 is 5.91 Å². The zero-order valence-electron chi connectivity index (χ0n) is 16.1. The summed E-state index contributed by atoms with van der Waals surface area (Å²) < 4.78 is 0. The highest BCUT2D eigenvalue weighted by Gasteiger charge is 1.96. The Morgan fingerprint density at radius 3 is 1.26 bits per heavy atom. The summed E-state index contributed by atoms with van der Waals surface area (Å²) >= 11 is 0. The van der Waals surface area contributed by atoms with Gasteiger partial charge < -0.3 is 5.73 Å². The number of hydrogen-bond acceptors (Lipinski definition) is 1. The van der Waals surface area contributed by atoms with Gasteiger partial charge in [0.15, 0.2) is 0 Å². The summed E-state index contributed by atoms with van der Waals surface area (Å²) in [7, 11) is 0. The predicted octanol–water partition coefficient (Wildman–Crippen LogP) is 6.93. The molecule has 0 fully saturated rings. The molecule has 0 aromatic rings. The molecule has 23 heavy (non-hydrogen) atoms. The molecule has 0 aliphatic heterocycles. The van der Waals surface area contributed by atoms with Gasteiger partial charge in [0.25, 0.3) is 0 Å². The van der Waals surface area contributed by atoms with Gasteiger partial charge in [-0.25, -0.2) is 0 Å². The zero-order chi connectivity index (χ0) is 17.6. The number of carbonyl (C=O) groups excluding carboxylic acids is 1. The molecule has 0 radical (unpaired) electrons. The molecule has 0 bridgehead atoms. The van der Waals surface area contributed by atoms with E-state index in [0.29, 0.717) is 6.42 Å². The van der Waals surface area contributed by atoms with E-state index in [1.54, 1.807) is 6.08 Å². The van der Waals surface area contributed by atoms with Gasteiger partial charge >= 0.3 is 0 Å². The quantitative estimate of drug-likeness (QED) is 0.243. The normalized spacial score (nSPS) is 10.0. The Labute approximate surface area is 146 Å². The van der Waals surface area contributed by atoms with E-state index in [1.165, 1.54) is 89.9 Å². The first-order chi connectivity index (χ1) is 11.2. The van der Waals surface area contributed by atoms with Crippen molar-refractivity contribution in [1.82, 2.24) is 0 Å². The van der Waals surface area contributed by atoms with E-state index in [0.717, 1.165) is 6.42 Å². The molecule has 0 heterocycles. The first-order valence-electron chi connectivity index (χ1n) is 10.0. The summed E-state index contributed by atoms with van der Waals surface area (Å²) in [6, 6.07) is 0. The van der Waals surface area contributed by atoms with Crippen LogP contribution in [0.5, 0.6) is 0 Å². The highest BCUT2D eigenvalue weighted by molar-refractivity contribution is 5.73. The minimum absolute atomic E-state index is 0.153. The minimum Gasteiger partial charge on any atom is -0.370 e. The molecule has 0 aliphatic carbocycles. The fourth-order valence-corrected chi connectivity index (χ4v) is 2.67. The van der Waals surface area contributed by atoms with Crippen molar-refractivity contribution in [2.45, 2.75) is 117 Å². The molecule has 0 atom stereocenters. The molecule has 0 aromatic heterocycles. The molecule has 2 heteroatoms. The molecule has 0 rings (SSSR count). The third kappa shape index (κ3) is 29.8. The molecule has 0 unspecified atom stereocenters. The van der Waals surface area contributed by atoms with Crippen molar-refractivity contribution in [3.63, 3.8) is 0 Å². The summed E-state index contributed by atoms with van der Waals surface area (Å²) in [4.78, 5) is 10.6. The number of allylic oxidation sites excluding steroid dienone is 1. The third-order valence-electron chi connectivity index (χ3n) is 4.03. The highest BCUT2D eigenvalue weighted by Crippen LogP contribution is 2.13. The van der Waals surface area contributed by atoms with E-state index in [1.807, 2.05) is 6.92 Å². The smallest absolute Gasteiger partial charge is 0.217 e. The Morgan fingerprint density at radius 2 is 1.00 bits per heavy atom. The summed E-state index contributed by atoms with van der Waals surface area (Å²) in [6.45, 7) is 7.53. The molecular weight excluding hydrogens is 282 g/mol. The van der Waals surface area contributed by atoms with Crippen LogP contribution >= 0.6 is 0 Å². The summed E-state index contributed by atoms with van der Waals surface area (Å²) in [5.41, 5.74) is 5.11. The molecule has 2 nitrogen and oxygen atoms in total. The van der Waals surface area contributed by atoms with Crippen LogP contribution in [0.3, 0.4) is 0 Å². The number of carbonyl (C=O) groups is 1. The first kappa shape index (κ1) is 24.5. The molecule has 0 aromatic carbocycles. The number of primary amides is 1. The lowest BCUT2D eigenvalue weighted by molar-refractivity contribution is -0.118. The Bertz CT molecular complexity index is 238. The van der Waals surface area contributed by atoms with Gasteiger partial charge in [0.1, 0.15) is 0 Å². The fourth-order valence-electron chi connectivity index (χ4n) is 2.67. The second kappa shape index (κ2) is 23.5. The fraction of sp³-hybridized carbons (Fsp3) is 0.857. The van der Waals surface area contributed by atoms with Crippen LogP contribution in [0.1, 0.15) is 117 Å². The van der Waals surface area contributed by atoms with Gasteiger partial charge in [0.05, 0.1) is 0 Å². The summed E-state index contributed by atoms with van der Waals surface area (Å²) in [6.07, 6.45) is 22.6. The predicted molar refractivity (Wildman–Crippen MR) is 105 cm³/mol. The molecule has 0 spiro atoms. The van der Waals surface area contributed by atoms with E-state index >= 15 is 0 Å². The van der Waals surface area contributed by atoms with Crippen LogP contribution in [0.2, 0.25) is 0 Å². The number of unbranched alkanes of at least 4 members (excludes halogenated alkanes) is 14. The first-order valence-corrected chi connectivity index (χ1v) is 10.0. The number of hydrogen-bond donors (Lipinski definition) is 1. The van der Waals surface area contributed by atoms with Gasteiger partial charge in [-0.15, -0.1) is 6.58 Å². The average molecular weight is 326 g/mol. The van der Waals surface area contributed by atoms with Crippen LogP contribution in [-0.2, 0) is 4.79 Å². The van der Waals surface area contributed by atoms with Gasteiger partial charge in [-0.1, -0.05) is 103 Å². The van der Waals surface area contributed by atoms with E-state index in [-0.39, 0.29) is 5.91 Å². The third-order valence-corrected chi connectivity index (χ3v) is 4.03. The maximum absolute atomic E-state index is 10.6. The van der Waals surface area contributed by atoms with Crippen LogP contribution in [0, 0.1) is 0 Å². The number of nitrogens with two attached hydrogens (primary N) is 1. The average Bonchev–Trinajstić information content (AvgIpc) is 2.51. The Kier molecular flexibility index (Phi) is 25.0. The Morgan fingerprint density at radius 1 is 0.739 bits per heavy atom. The van der Waals surface area contributed by atoms with Crippen LogP contribution in [0.4, 0.5) is 0 Å². The van der Waals surface area contributed by atoms with Crippen LogP contribution in [-0.4, -0.2) is 5.91 Å². The standard InChI is InChI=1S/C18H37NO.C3H6/c1-2-3-4-5-6-7-8-9-10-11-12-13-14-15-16-17-18(19)20;1-3-2/h2-17H2,1H3,(H2,19,20);3H,1H2,2H3. The van der Waals surface area contributed by atoms with Crippen molar-refractivity contribution in [2.75, 3.05) is 0 Å². The lowest BCUT2D eigenvalue weighted by atomic mass is 10.0. The van der Waals surface area contributed by atoms with Crippen molar-refractivity contribution in [1.29, 1.82) is 0 Å². The van der Waals surface area contributed by atoms with Gasteiger partial charge in [-0.2, -0.15) is 0 Å². The number of amides is 1. The molecule has 0 saturated heterocycles. The number of rotatable bonds is 16. The van der Waals surface area contributed by atoms with Crippen molar-refractivity contribution < 1.29 is 4.79 Å². The molecule has 0 aliphatic rings. The second-order valence-electron chi connectivity index (χ2n) is 6.57. The summed E-state index contributed by atoms with van der Waals surface area (Å²) in [5.74, 6) is -0.153. The van der Waals surface area contributed by atoms with Gasteiger partial charge in [0.2, 0.25) is 5.91 Å². The molecule has 0 saturated carbocycles. The highest BCUT2D eigenvalue weighted by atomic mass is 16.1. The topological polar surface area (TPSA) is 43.1 Å². The second-order valence-corrected chi connectivity index (χ2v) is 6.57. The molecule has 1 amide bonds. The lowest BCUT2D eigenvalue weighted by Crippen LogP contribution is -2.09.